The average molecular weight is 386 g/mol. The number of nitrogens with one attached hydrogen (secondary N) is 2. The molecule has 1 unspecified atom stereocenters. The zero-order chi connectivity index (χ0) is 19.2. The maximum atomic E-state index is 12.1. The molecule has 1 aromatic carbocycles. The van der Waals surface area contributed by atoms with Crippen molar-refractivity contribution < 1.29 is 4.79 Å². The zero-order valence-electron chi connectivity index (χ0n) is 15.4. The smallest absolute Gasteiger partial charge is 0.252 e. The minimum Gasteiger partial charge on any atom is -0.350 e. The first-order chi connectivity index (χ1) is 13.0. The fraction of sp³-hybridized carbons (Fsp3) is 0.333. The van der Waals surface area contributed by atoms with Gasteiger partial charge >= 0.3 is 0 Å². The highest BCUT2D eigenvalue weighted by Gasteiger charge is 2.18. The zero-order valence-corrected chi connectivity index (χ0v) is 16.1. The van der Waals surface area contributed by atoms with Crippen molar-refractivity contribution in [3.05, 3.63) is 80.7 Å². The molecule has 2 aromatic rings. The highest BCUT2D eigenvalue weighted by molar-refractivity contribution is 6.30. The molecule has 2 N–H and O–H groups in total. The molecule has 1 atom stereocenters. The first kappa shape index (κ1) is 19.4. The van der Waals surface area contributed by atoms with Crippen molar-refractivity contribution in [2.45, 2.75) is 25.8 Å². The van der Waals surface area contributed by atoms with E-state index in [9.17, 15) is 9.59 Å². The summed E-state index contributed by atoms with van der Waals surface area (Å²) in [7, 11) is 0. The molecule has 2 heterocycles. The molecular weight excluding hydrogens is 362 g/mol. The van der Waals surface area contributed by atoms with Crippen molar-refractivity contribution in [1.82, 2.24) is 15.2 Å². The molecule has 1 aliphatic rings. The van der Waals surface area contributed by atoms with Crippen LogP contribution in [0.4, 0.5) is 0 Å². The summed E-state index contributed by atoms with van der Waals surface area (Å²) in [6.45, 7) is 4.55. The molecule has 0 bridgehead atoms. The number of aromatic nitrogens is 1. The van der Waals surface area contributed by atoms with Gasteiger partial charge in [0.2, 0.25) is 5.56 Å². The molecule has 0 saturated heterocycles. The second kappa shape index (κ2) is 9.02. The molecule has 0 fully saturated rings. The average Bonchev–Trinajstić information content (AvgIpc) is 2.69. The number of halogens is 1. The van der Waals surface area contributed by atoms with E-state index < -0.39 is 0 Å². The predicted molar refractivity (Wildman–Crippen MR) is 108 cm³/mol. The van der Waals surface area contributed by atoms with Crippen LogP contribution in [0.1, 0.15) is 29.3 Å². The fourth-order valence-corrected chi connectivity index (χ4v) is 3.30. The number of amides is 1. The maximum absolute atomic E-state index is 12.1. The Morgan fingerprint density at radius 2 is 2.04 bits per heavy atom. The van der Waals surface area contributed by atoms with Crippen molar-refractivity contribution in [3.8, 4) is 0 Å². The molecule has 1 aliphatic heterocycles. The summed E-state index contributed by atoms with van der Waals surface area (Å²) in [6.07, 6.45) is 5.72. The quantitative estimate of drug-likeness (QED) is 0.751. The van der Waals surface area contributed by atoms with Crippen molar-refractivity contribution in [1.29, 1.82) is 0 Å². The maximum Gasteiger partial charge on any atom is 0.252 e. The first-order valence-electron chi connectivity index (χ1n) is 9.14. The molecule has 0 aliphatic carbocycles. The topological polar surface area (TPSA) is 65.2 Å². The van der Waals surface area contributed by atoms with Crippen LogP contribution in [0.15, 0.2) is 59.0 Å². The number of nitrogens with zero attached hydrogens (tertiary/aromatic N) is 1. The Kier molecular flexibility index (Phi) is 6.48. The number of carbonyl (C=O) groups excluding carboxylic acids is 1. The van der Waals surface area contributed by atoms with Crippen molar-refractivity contribution in [2.75, 3.05) is 19.6 Å². The summed E-state index contributed by atoms with van der Waals surface area (Å²) in [6, 6.07) is 11.1. The van der Waals surface area contributed by atoms with Gasteiger partial charge in [-0.15, -0.1) is 0 Å². The molecule has 0 radical (unpaired) electrons. The standard InChI is InChI=1S/C21H24ClN3O2/c1-15(13-24-21(27)18-4-7-20(26)23-14-18)25-10-8-17(9-11-25)12-16-2-5-19(22)6-3-16/h2-8,14-15H,9-13H2,1H3,(H,23,26)(H,24,27). The number of rotatable bonds is 6. The second-order valence-corrected chi connectivity index (χ2v) is 7.35. The van der Waals surface area contributed by atoms with Gasteiger partial charge in [0.15, 0.2) is 0 Å². The van der Waals surface area contributed by atoms with Gasteiger partial charge in [0.05, 0.1) is 5.56 Å². The third kappa shape index (κ3) is 5.55. The number of aromatic amines is 1. The summed E-state index contributed by atoms with van der Waals surface area (Å²) in [5.41, 5.74) is 2.97. The predicted octanol–water partition coefficient (Wildman–Crippen LogP) is 3.02. The molecule has 1 aromatic heterocycles. The van der Waals surface area contributed by atoms with Crippen LogP contribution in [0, 0.1) is 0 Å². The monoisotopic (exact) mass is 385 g/mol. The Morgan fingerprint density at radius 3 is 2.67 bits per heavy atom. The normalized spacial score (nSPS) is 15.9. The van der Waals surface area contributed by atoms with E-state index >= 15 is 0 Å². The van der Waals surface area contributed by atoms with E-state index in [-0.39, 0.29) is 17.5 Å². The Bertz CT molecular complexity index is 853. The summed E-state index contributed by atoms with van der Waals surface area (Å²) >= 11 is 5.94. The van der Waals surface area contributed by atoms with E-state index in [4.69, 9.17) is 11.6 Å². The van der Waals surface area contributed by atoms with Gasteiger partial charge in [-0.05, 0) is 43.5 Å². The second-order valence-electron chi connectivity index (χ2n) is 6.91. The van der Waals surface area contributed by atoms with Crippen LogP contribution in [0.25, 0.3) is 0 Å². The summed E-state index contributed by atoms with van der Waals surface area (Å²) in [5, 5.41) is 3.70. The Morgan fingerprint density at radius 1 is 1.26 bits per heavy atom. The molecular formula is C21H24ClN3O2. The molecule has 27 heavy (non-hydrogen) atoms. The van der Waals surface area contributed by atoms with Gasteiger partial charge < -0.3 is 10.3 Å². The van der Waals surface area contributed by atoms with Crippen molar-refractivity contribution in [3.63, 3.8) is 0 Å². The minimum atomic E-state index is -0.213. The van der Waals surface area contributed by atoms with Gasteiger partial charge in [0.25, 0.3) is 5.91 Å². The van der Waals surface area contributed by atoms with Crippen LogP contribution in [-0.4, -0.2) is 41.5 Å². The van der Waals surface area contributed by atoms with Gasteiger partial charge in [0.1, 0.15) is 0 Å². The molecule has 6 heteroatoms. The van der Waals surface area contributed by atoms with Gasteiger partial charge in [-0.3, -0.25) is 14.5 Å². The molecule has 5 nitrogen and oxygen atoms in total. The highest BCUT2D eigenvalue weighted by atomic mass is 35.5. The van der Waals surface area contributed by atoms with E-state index in [1.54, 1.807) is 0 Å². The third-order valence-corrected chi connectivity index (χ3v) is 5.16. The van der Waals surface area contributed by atoms with E-state index in [2.05, 4.69) is 40.3 Å². The fourth-order valence-electron chi connectivity index (χ4n) is 3.18. The van der Waals surface area contributed by atoms with Crippen LogP contribution >= 0.6 is 11.6 Å². The lowest BCUT2D eigenvalue weighted by molar-refractivity contribution is 0.0937. The van der Waals surface area contributed by atoms with Gasteiger partial charge in [-0.2, -0.15) is 0 Å². The lowest BCUT2D eigenvalue weighted by Gasteiger charge is -2.32. The van der Waals surface area contributed by atoms with Crippen LogP contribution in [-0.2, 0) is 6.42 Å². The Balaban J connectivity index is 1.47. The molecule has 1 amide bonds. The minimum absolute atomic E-state index is 0.172. The van der Waals surface area contributed by atoms with Crippen LogP contribution < -0.4 is 10.9 Å². The molecule has 0 saturated carbocycles. The van der Waals surface area contributed by atoms with E-state index in [1.165, 1.54) is 29.5 Å². The Hall–Kier alpha value is -2.37. The number of H-pyrrole nitrogens is 1. The van der Waals surface area contributed by atoms with Crippen LogP contribution in [0.5, 0.6) is 0 Å². The number of hydrogen-bond donors (Lipinski definition) is 2. The lowest BCUT2D eigenvalue weighted by atomic mass is 9.99. The third-order valence-electron chi connectivity index (χ3n) is 4.91. The summed E-state index contributed by atoms with van der Waals surface area (Å²) in [5.74, 6) is -0.172. The Labute approximate surface area is 164 Å². The van der Waals surface area contributed by atoms with Gasteiger partial charge in [-0.1, -0.05) is 35.4 Å². The molecule has 0 spiro atoms. The van der Waals surface area contributed by atoms with Crippen LogP contribution in [0.2, 0.25) is 5.02 Å². The number of carbonyl (C=O) groups is 1. The number of pyridine rings is 1. The van der Waals surface area contributed by atoms with E-state index in [0.717, 1.165) is 31.0 Å². The summed E-state index contributed by atoms with van der Waals surface area (Å²) < 4.78 is 0. The van der Waals surface area contributed by atoms with Gasteiger partial charge in [-0.25, -0.2) is 0 Å². The van der Waals surface area contributed by atoms with E-state index in [0.29, 0.717) is 12.1 Å². The number of benzene rings is 1. The molecule has 3 rings (SSSR count). The van der Waals surface area contributed by atoms with Crippen molar-refractivity contribution >= 4 is 17.5 Å². The first-order valence-corrected chi connectivity index (χ1v) is 9.52. The SMILES string of the molecule is CC(CNC(=O)c1ccc(=O)[nH]c1)N1CC=C(Cc2ccc(Cl)cc2)CC1. The molecule has 142 valence electrons. The summed E-state index contributed by atoms with van der Waals surface area (Å²) in [4.78, 5) is 28.1. The lowest BCUT2D eigenvalue weighted by Crippen LogP contribution is -2.44. The highest BCUT2D eigenvalue weighted by Crippen LogP contribution is 2.19. The largest absolute Gasteiger partial charge is 0.350 e. The van der Waals surface area contributed by atoms with Crippen LogP contribution in [0.3, 0.4) is 0 Å². The van der Waals surface area contributed by atoms with Gasteiger partial charge in [0, 0.05) is 43.0 Å². The number of hydrogen-bond acceptors (Lipinski definition) is 3. The van der Waals surface area contributed by atoms with Crippen molar-refractivity contribution in [2.24, 2.45) is 0 Å². The van der Waals surface area contributed by atoms with E-state index in [1.807, 2.05) is 12.1 Å².